The molecular weight excluding hydrogens is 260 g/mol. The molecule has 0 aliphatic carbocycles. The van der Waals surface area contributed by atoms with Gasteiger partial charge in [-0.25, -0.2) is 4.98 Å². The van der Waals surface area contributed by atoms with Crippen molar-refractivity contribution in [1.82, 2.24) is 4.98 Å². The molecule has 0 spiro atoms. The highest BCUT2D eigenvalue weighted by Crippen LogP contribution is 2.26. The van der Waals surface area contributed by atoms with E-state index in [1.165, 1.54) is 0 Å². The van der Waals surface area contributed by atoms with Crippen molar-refractivity contribution in [3.63, 3.8) is 0 Å². The van der Waals surface area contributed by atoms with Crippen molar-refractivity contribution in [3.05, 3.63) is 65.0 Å². The van der Waals surface area contributed by atoms with Gasteiger partial charge < -0.3 is 10.2 Å². The minimum atomic E-state index is -0.272. The molecular formula is C15H13ClN2O. The number of benzene rings is 2. The van der Waals surface area contributed by atoms with E-state index in [4.69, 9.17) is 21.8 Å². The van der Waals surface area contributed by atoms with Crippen LogP contribution in [0.5, 0.6) is 0 Å². The number of aromatic nitrogens is 1. The Morgan fingerprint density at radius 3 is 2.63 bits per heavy atom. The molecule has 0 bridgehead atoms. The molecule has 3 nitrogen and oxygen atoms in total. The molecule has 2 N–H and O–H groups in total. The lowest BCUT2D eigenvalue weighted by Gasteiger charge is -2.06. The third kappa shape index (κ3) is 2.48. The number of hydrogen-bond acceptors (Lipinski definition) is 3. The standard InChI is InChI=1S/C15H13ClN2O/c16-11-7-4-8-13-14(11)19-15(18-13)12(17)9-10-5-2-1-3-6-10/h1-8,12H,9,17H2. The summed E-state index contributed by atoms with van der Waals surface area (Å²) in [5.74, 6) is 0.520. The SMILES string of the molecule is NC(Cc1ccccc1)c1nc2cccc(Cl)c2o1. The van der Waals surface area contributed by atoms with E-state index in [0.717, 1.165) is 11.1 Å². The van der Waals surface area contributed by atoms with E-state index in [9.17, 15) is 0 Å². The number of para-hydroxylation sites is 1. The summed E-state index contributed by atoms with van der Waals surface area (Å²) < 4.78 is 5.66. The van der Waals surface area contributed by atoms with Gasteiger partial charge in [-0.05, 0) is 24.1 Å². The second kappa shape index (κ2) is 5.03. The quantitative estimate of drug-likeness (QED) is 0.790. The molecule has 1 aromatic heterocycles. The fraction of sp³-hybridized carbons (Fsp3) is 0.133. The molecule has 0 amide bonds. The first kappa shape index (κ1) is 12.2. The summed E-state index contributed by atoms with van der Waals surface area (Å²) in [7, 11) is 0. The molecule has 0 aliphatic heterocycles. The normalized spacial score (nSPS) is 12.7. The third-order valence-corrected chi connectivity index (χ3v) is 3.30. The summed E-state index contributed by atoms with van der Waals surface area (Å²) in [6.07, 6.45) is 0.686. The number of halogens is 1. The van der Waals surface area contributed by atoms with Crippen LogP contribution < -0.4 is 5.73 Å². The Labute approximate surface area is 116 Å². The average Bonchev–Trinajstić information content (AvgIpc) is 2.85. The topological polar surface area (TPSA) is 52.0 Å². The molecule has 96 valence electrons. The minimum absolute atomic E-state index is 0.272. The van der Waals surface area contributed by atoms with E-state index in [-0.39, 0.29) is 6.04 Å². The van der Waals surface area contributed by atoms with E-state index >= 15 is 0 Å². The van der Waals surface area contributed by atoms with Gasteiger partial charge in [0.1, 0.15) is 5.52 Å². The fourth-order valence-electron chi connectivity index (χ4n) is 2.05. The highest BCUT2D eigenvalue weighted by atomic mass is 35.5. The van der Waals surface area contributed by atoms with Gasteiger partial charge in [-0.2, -0.15) is 0 Å². The van der Waals surface area contributed by atoms with Crippen molar-refractivity contribution in [1.29, 1.82) is 0 Å². The predicted molar refractivity (Wildman–Crippen MR) is 76.1 cm³/mol. The number of hydrogen-bond donors (Lipinski definition) is 1. The molecule has 1 heterocycles. The van der Waals surface area contributed by atoms with Crippen molar-refractivity contribution in [2.24, 2.45) is 5.73 Å². The average molecular weight is 273 g/mol. The number of rotatable bonds is 3. The van der Waals surface area contributed by atoms with Gasteiger partial charge in [0.2, 0.25) is 5.89 Å². The summed E-state index contributed by atoms with van der Waals surface area (Å²) in [6, 6.07) is 15.3. The van der Waals surface area contributed by atoms with Crippen molar-refractivity contribution in [2.75, 3.05) is 0 Å². The molecule has 0 fully saturated rings. The maximum absolute atomic E-state index is 6.14. The summed E-state index contributed by atoms with van der Waals surface area (Å²) >= 11 is 6.06. The van der Waals surface area contributed by atoms with Crippen LogP contribution in [0.1, 0.15) is 17.5 Å². The van der Waals surface area contributed by atoms with Crippen LogP contribution in [-0.4, -0.2) is 4.98 Å². The maximum Gasteiger partial charge on any atom is 0.212 e. The zero-order valence-corrected chi connectivity index (χ0v) is 11.0. The monoisotopic (exact) mass is 272 g/mol. The zero-order chi connectivity index (χ0) is 13.2. The lowest BCUT2D eigenvalue weighted by atomic mass is 10.1. The molecule has 1 atom stereocenters. The van der Waals surface area contributed by atoms with Gasteiger partial charge in [0.25, 0.3) is 0 Å². The number of fused-ring (bicyclic) bond motifs is 1. The van der Waals surface area contributed by atoms with Crippen LogP contribution in [-0.2, 0) is 6.42 Å². The molecule has 1 unspecified atom stereocenters. The van der Waals surface area contributed by atoms with Crippen molar-refractivity contribution in [3.8, 4) is 0 Å². The van der Waals surface area contributed by atoms with E-state index in [1.807, 2.05) is 42.5 Å². The molecule has 3 aromatic rings. The fourth-order valence-corrected chi connectivity index (χ4v) is 2.25. The first-order valence-electron chi connectivity index (χ1n) is 6.08. The van der Waals surface area contributed by atoms with Crippen molar-refractivity contribution >= 4 is 22.7 Å². The summed E-state index contributed by atoms with van der Waals surface area (Å²) in [5.41, 5.74) is 8.64. The van der Waals surface area contributed by atoms with Gasteiger partial charge in [-0.15, -0.1) is 0 Å². The highest BCUT2D eigenvalue weighted by molar-refractivity contribution is 6.34. The Balaban J connectivity index is 1.89. The van der Waals surface area contributed by atoms with E-state index in [0.29, 0.717) is 22.9 Å². The van der Waals surface area contributed by atoms with Gasteiger partial charge in [0.15, 0.2) is 5.58 Å². The highest BCUT2D eigenvalue weighted by Gasteiger charge is 2.15. The van der Waals surface area contributed by atoms with Gasteiger partial charge in [0.05, 0.1) is 11.1 Å². The summed E-state index contributed by atoms with van der Waals surface area (Å²) in [5, 5.41) is 0.558. The maximum atomic E-state index is 6.14. The van der Waals surface area contributed by atoms with Crippen LogP contribution in [0.2, 0.25) is 5.02 Å². The third-order valence-electron chi connectivity index (χ3n) is 3.00. The largest absolute Gasteiger partial charge is 0.437 e. The number of oxazole rings is 1. The minimum Gasteiger partial charge on any atom is -0.437 e. The molecule has 3 rings (SSSR count). The lowest BCUT2D eigenvalue weighted by Crippen LogP contribution is -2.13. The molecule has 0 saturated carbocycles. The first-order valence-corrected chi connectivity index (χ1v) is 6.46. The first-order chi connectivity index (χ1) is 9.24. The smallest absolute Gasteiger partial charge is 0.212 e. The van der Waals surface area contributed by atoms with Crippen LogP contribution >= 0.6 is 11.6 Å². The molecule has 0 radical (unpaired) electrons. The van der Waals surface area contributed by atoms with Crippen LogP contribution in [0.3, 0.4) is 0 Å². The number of nitrogens with two attached hydrogens (primary N) is 1. The Hall–Kier alpha value is -1.84. The molecule has 0 saturated heterocycles. The van der Waals surface area contributed by atoms with E-state index < -0.39 is 0 Å². The Kier molecular flexibility index (Phi) is 3.23. The van der Waals surface area contributed by atoms with Crippen LogP contribution in [0.25, 0.3) is 11.1 Å². The zero-order valence-electron chi connectivity index (χ0n) is 10.2. The molecule has 19 heavy (non-hydrogen) atoms. The Bertz CT molecular complexity index is 694. The van der Waals surface area contributed by atoms with Crippen LogP contribution in [0.4, 0.5) is 0 Å². The molecule has 2 aromatic carbocycles. The van der Waals surface area contributed by atoms with E-state index in [2.05, 4.69) is 4.98 Å². The van der Waals surface area contributed by atoms with Gasteiger partial charge >= 0.3 is 0 Å². The van der Waals surface area contributed by atoms with Crippen molar-refractivity contribution in [2.45, 2.75) is 12.5 Å². The molecule has 4 heteroatoms. The summed E-state index contributed by atoms with van der Waals surface area (Å²) in [4.78, 5) is 4.39. The van der Waals surface area contributed by atoms with Crippen molar-refractivity contribution < 1.29 is 4.42 Å². The Morgan fingerprint density at radius 2 is 1.89 bits per heavy atom. The van der Waals surface area contributed by atoms with E-state index in [1.54, 1.807) is 6.07 Å². The lowest BCUT2D eigenvalue weighted by molar-refractivity contribution is 0.474. The molecule has 0 aliphatic rings. The number of nitrogens with zero attached hydrogens (tertiary/aromatic N) is 1. The van der Waals surface area contributed by atoms with Gasteiger partial charge in [0, 0.05) is 0 Å². The van der Waals surface area contributed by atoms with Crippen LogP contribution in [0.15, 0.2) is 52.9 Å². The van der Waals surface area contributed by atoms with Gasteiger partial charge in [-0.1, -0.05) is 48.0 Å². The summed E-state index contributed by atoms with van der Waals surface area (Å²) in [6.45, 7) is 0. The second-order valence-corrected chi connectivity index (χ2v) is 4.84. The van der Waals surface area contributed by atoms with Gasteiger partial charge in [-0.3, -0.25) is 0 Å². The Morgan fingerprint density at radius 1 is 1.11 bits per heavy atom. The predicted octanol–water partition coefficient (Wildman–Crippen LogP) is 3.72. The second-order valence-electron chi connectivity index (χ2n) is 4.44. The van der Waals surface area contributed by atoms with Crippen LogP contribution in [0, 0.1) is 0 Å².